The van der Waals surface area contributed by atoms with Crippen molar-refractivity contribution in [2.75, 3.05) is 5.32 Å². The van der Waals surface area contributed by atoms with E-state index in [9.17, 15) is 9.18 Å². The maximum absolute atomic E-state index is 12.8. The van der Waals surface area contributed by atoms with Gasteiger partial charge in [0.2, 0.25) is 0 Å². The van der Waals surface area contributed by atoms with Crippen molar-refractivity contribution in [3.8, 4) is 5.75 Å². The van der Waals surface area contributed by atoms with E-state index in [-0.39, 0.29) is 24.1 Å². The van der Waals surface area contributed by atoms with Crippen molar-refractivity contribution in [3.63, 3.8) is 0 Å². The summed E-state index contributed by atoms with van der Waals surface area (Å²) in [4.78, 5) is 17.1. The number of nitrogens with zero attached hydrogens (tertiary/aromatic N) is 1. The number of hydrogen-bond donors (Lipinski definition) is 1. The van der Waals surface area contributed by atoms with Crippen LogP contribution in [0.3, 0.4) is 0 Å². The smallest absolute Gasteiger partial charge is 0.293 e. The topological polar surface area (TPSA) is 64.4 Å². The number of aromatic nitrogens is 1. The van der Waals surface area contributed by atoms with E-state index < -0.39 is 0 Å². The second kappa shape index (κ2) is 6.62. The minimum absolute atomic E-state index is 0.148. The maximum Gasteiger partial charge on any atom is 0.293 e. The second-order valence-electron chi connectivity index (χ2n) is 4.74. The summed E-state index contributed by atoms with van der Waals surface area (Å²) in [5.74, 6) is 0.497. The summed E-state index contributed by atoms with van der Waals surface area (Å²) >= 11 is 1.39. The molecule has 5 nitrogen and oxygen atoms in total. The van der Waals surface area contributed by atoms with Gasteiger partial charge in [0.05, 0.1) is 0 Å². The van der Waals surface area contributed by atoms with Crippen LogP contribution in [0.25, 0.3) is 0 Å². The Balaban J connectivity index is 1.59. The molecular weight excluding hydrogens is 319 g/mol. The molecular formula is C16H13FN2O3S. The molecule has 0 fully saturated rings. The summed E-state index contributed by atoms with van der Waals surface area (Å²) in [5, 5.41) is 3.19. The van der Waals surface area contributed by atoms with Crippen LogP contribution in [0.4, 0.5) is 9.52 Å². The molecule has 0 saturated carbocycles. The van der Waals surface area contributed by atoms with Crippen LogP contribution in [0.15, 0.2) is 47.0 Å². The lowest BCUT2D eigenvalue weighted by Crippen LogP contribution is -2.10. The number of aryl methyl sites for hydroxylation is 1. The minimum Gasteiger partial charge on any atom is -0.486 e. The van der Waals surface area contributed by atoms with Gasteiger partial charge in [-0.3, -0.25) is 10.1 Å². The third-order valence-corrected chi connectivity index (χ3v) is 3.75. The average Bonchev–Trinajstić information content (AvgIpc) is 3.16. The number of nitrogens with one attached hydrogen (secondary N) is 1. The Hall–Kier alpha value is -2.67. The van der Waals surface area contributed by atoms with Gasteiger partial charge in [0.25, 0.3) is 5.91 Å². The minimum atomic E-state index is -0.368. The SMILES string of the molecule is Cc1cnc(NC(=O)c2ccc(COc3ccc(F)cc3)o2)s1. The average molecular weight is 332 g/mol. The van der Waals surface area contributed by atoms with Gasteiger partial charge in [0, 0.05) is 11.1 Å². The van der Waals surface area contributed by atoms with Crippen LogP contribution < -0.4 is 10.1 Å². The van der Waals surface area contributed by atoms with Crippen LogP contribution in [0.2, 0.25) is 0 Å². The maximum atomic E-state index is 12.8. The normalized spacial score (nSPS) is 10.5. The molecule has 3 rings (SSSR count). The van der Waals surface area contributed by atoms with E-state index in [0.717, 1.165) is 4.88 Å². The van der Waals surface area contributed by atoms with Gasteiger partial charge < -0.3 is 9.15 Å². The molecule has 1 N–H and O–H groups in total. The number of ether oxygens (including phenoxy) is 1. The first kappa shape index (κ1) is 15.2. The molecule has 0 aliphatic heterocycles. The molecule has 0 spiro atoms. The van der Waals surface area contributed by atoms with Crippen LogP contribution in [0.5, 0.6) is 5.75 Å². The van der Waals surface area contributed by atoms with E-state index in [1.165, 1.54) is 35.6 Å². The Labute approximate surface area is 135 Å². The monoisotopic (exact) mass is 332 g/mol. The lowest BCUT2D eigenvalue weighted by molar-refractivity contribution is 0.0992. The number of carbonyl (C=O) groups is 1. The van der Waals surface area contributed by atoms with Gasteiger partial charge >= 0.3 is 0 Å². The fraction of sp³-hybridized carbons (Fsp3) is 0.125. The van der Waals surface area contributed by atoms with Crippen molar-refractivity contribution < 1.29 is 18.3 Å². The van der Waals surface area contributed by atoms with Gasteiger partial charge in [0.15, 0.2) is 10.9 Å². The first-order valence-corrected chi connectivity index (χ1v) is 7.62. The zero-order valence-corrected chi connectivity index (χ0v) is 13.0. The summed E-state index contributed by atoms with van der Waals surface area (Å²) in [6.45, 7) is 2.06. The summed E-state index contributed by atoms with van der Waals surface area (Å²) in [6, 6.07) is 8.90. The first-order valence-electron chi connectivity index (χ1n) is 6.81. The summed E-state index contributed by atoms with van der Waals surface area (Å²) < 4.78 is 23.7. The summed E-state index contributed by atoms with van der Waals surface area (Å²) in [6.07, 6.45) is 1.68. The van der Waals surface area contributed by atoms with Gasteiger partial charge in [-0.2, -0.15) is 0 Å². The van der Waals surface area contributed by atoms with Crippen molar-refractivity contribution in [1.29, 1.82) is 0 Å². The van der Waals surface area contributed by atoms with Crippen LogP contribution >= 0.6 is 11.3 Å². The van der Waals surface area contributed by atoms with Crippen molar-refractivity contribution in [1.82, 2.24) is 4.98 Å². The number of rotatable bonds is 5. The molecule has 2 heterocycles. The number of carbonyl (C=O) groups excluding carboxylic acids is 1. The summed E-state index contributed by atoms with van der Waals surface area (Å²) in [7, 11) is 0. The lowest BCUT2D eigenvalue weighted by Gasteiger charge is -2.03. The Morgan fingerprint density at radius 3 is 2.78 bits per heavy atom. The number of hydrogen-bond acceptors (Lipinski definition) is 5. The molecule has 118 valence electrons. The quantitative estimate of drug-likeness (QED) is 0.766. The molecule has 23 heavy (non-hydrogen) atoms. The molecule has 7 heteroatoms. The van der Waals surface area contributed by atoms with E-state index in [2.05, 4.69) is 10.3 Å². The number of anilines is 1. The molecule has 0 atom stereocenters. The number of thiazole rings is 1. The van der Waals surface area contributed by atoms with Crippen molar-refractivity contribution in [2.45, 2.75) is 13.5 Å². The number of halogens is 1. The fourth-order valence-electron chi connectivity index (χ4n) is 1.83. The van der Waals surface area contributed by atoms with E-state index in [1.807, 2.05) is 6.92 Å². The second-order valence-corrected chi connectivity index (χ2v) is 5.97. The Kier molecular flexibility index (Phi) is 4.38. The fourth-order valence-corrected chi connectivity index (χ4v) is 2.49. The van der Waals surface area contributed by atoms with Crippen molar-refractivity contribution in [3.05, 3.63) is 64.8 Å². The third kappa shape index (κ3) is 3.95. The van der Waals surface area contributed by atoms with E-state index in [4.69, 9.17) is 9.15 Å². The zero-order chi connectivity index (χ0) is 16.2. The Morgan fingerprint density at radius 2 is 2.09 bits per heavy atom. The molecule has 0 aliphatic carbocycles. The van der Waals surface area contributed by atoms with Crippen molar-refractivity contribution in [2.24, 2.45) is 0 Å². The standard InChI is InChI=1S/C16H13FN2O3S/c1-10-8-18-16(23-10)19-15(20)14-7-6-13(22-14)9-21-12-4-2-11(17)3-5-12/h2-8H,9H2,1H3,(H,18,19,20). The molecule has 0 aliphatic rings. The van der Waals surface area contributed by atoms with Gasteiger partial charge in [-0.15, -0.1) is 11.3 Å². The highest BCUT2D eigenvalue weighted by Crippen LogP contribution is 2.19. The number of benzene rings is 1. The molecule has 2 aromatic heterocycles. The van der Waals surface area contributed by atoms with Crippen molar-refractivity contribution >= 4 is 22.4 Å². The first-order chi connectivity index (χ1) is 11.1. The highest BCUT2D eigenvalue weighted by atomic mass is 32.1. The van der Waals surface area contributed by atoms with E-state index in [1.54, 1.807) is 18.3 Å². The van der Waals surface area contributed by atoms with Gasteiger partial charge in [-0.1, -0.05) is 0 Å². The van der Waals surface area contributed by atoms with Crippen LogP contribution in [-0.4, -0.2) is 10.9 Å². The number of amides is 1. The molecule has 1 aromatic carbocycles. The van der Waals surface area contributed by atoms with Gasteiger partial charge in [-0.25, -0.2) is 9.37 Å². The molecule has 0 saturated heterocycles. The highest BCUT2D eigenvalue weighted by Gasteiger charge is 2.13. The molecule has 0 bridgehead atoms. The van der Waals surface area contributed by atoms with Gasteiger partial charge in [-0.05, 0) is 43.3 Å². The van der Waals surface area contributed by atoms with Crippen LogP contribution in [0.1, 0.15) is 21.2 Å². The van der Waals surface area contributed by atoms with Gasteiger partial charge in [0.1, 0.15) is 23.9 Å². The third-order valence-electron chi connectivity index (χ3n) is 2.92. The number of furan rings is 1. The molecule has 0 radical (unpaired) electrons. The van der Waals surface area contributed by atoms with E-state index >= 15 is 0 Å². The largest absolute Gasteiger partial charge is 0.486 e. The Bertz CT molecular complexity index is 811. The van der Waals surface area contributed by atoms with Crippen LogP contribution in [-0.2, 0) is 6.61 Å². The van der Waals surface area contributed by atoms with E-state index in [0.29, 0.717) is 16.6 Å². The predicted molar refractivity (Wildman–Crippen MR) is 84.2 cm³/mol. The summed E-state index contributed by atoms with van der Waals surface area (Å²) in [5.41, 5.74) is 0. The molecule has 3 aromatic rings. The Morgan fingerprint density at radius 1 is 1.30 bits per heavy atom. The molecule has 0 unspecified atom stereocenters. The lowest BCUT2D eigenvalue weighted by atomic mass is 10.3. The molecule has 1 amide bonds. The highest BCUT2D eigenvalue weighted by molar-refractivity contribution is 7.15. The zero-order valence-electron chi connectivity index (χ0n) is 12.2. The predicted octanol–water partition coefficient (Wildman–Crippen LogP) is 4.01. The van der Waals surface area contributed by atoms with Crippen LogP contribution in [0, 0.1) is 12.7 Å².